The molecule has 1 fully saturated rings. The Labute approximate surface area is 219 Å². The van der Waals surface area contributed by atoms with Gasteiger partial charge in [-0.3, -0.25) is 24.4 Å². The number of halogens is 2. The first kappa shape index (κ1) is 29.6. The number of alkyl halides is 1. The Morgan fingerprint density at radius 2 is 2.17 bits per heavy atom. The molecule has 1 atom stereocenters. The molecule has 2 aromatic rings. The molecule has 1 aliphatic rings. The molecule has 0 radical (unpaired) electrons. The van der Waals surface area contributed by atoms with Crippen molar-refractivity contribution in [1.82, 2.24) is 19.6 Å². The first-order chi connectivity index (χ1) is 17.6. The van der Waals surface area contributed by atoms with Crippen LogP contribution in [-0.4, -0.2) is 72.8 Å². The van der Waals surface area contributed by atoms with E-state index in [2.05, 4.69) is 37.2 Å². The van der Waals surface area contributed by atoms with Gasteiger partial charge in [0.25, 0.3) is 0 Å². The fourth-order valence-corrected chi connectivity index (χ4v) is 3.97. The fourth-order valence-electron chi connectivity index (χ4n) is 3.18. The number of morpholine rings is 1. The molecule has 2 heterocycles. The topological polar surface area (TPSA) is 101 Å². The van der Waals surface area contributed by atoms with Gasteiger partial charge in [0.2, 0.25) is 5.88 Å². The maximum absolute atomic E-state index is 13.1. The Morgan fingerprint density at radius 1 is 1.39 bits per heavy atom. The highest BCUT2D eigenvalue weighted by atomic mass is 32.2. The first-order valence-corrected chi connectivity index (χ1v) is 12.6. The summed E-state index contributed by atoms with van der Waals surface area (Å²) in [5.74, 6) is 0.396. The summed E-state index contributed by atoms with van der Waals surface area (Å²) in [5.41, 5.74) is 3.55. The number of anilines is 1. The maximum Gasteiger partial charge on any atom is 0.232 e. The van der Waals surface area contributed by atoms with Crippen molar-refractivity contribution in [3.8, 4) is 5.88 Å². The number of hydrogen-bond acceptors (Lipinski definition) is 11. The predicted molar refractivity (Wildman–Crippen MR) is 143 cm³/mol. The number of benzene rings is 1. The van der Waals surface area contributed by atoms with Crippen molar-refractivity contribution in [1.29, 1.82) is 0 Å². The summed E-state index contributed by atoms with van der Waals surface area (Å²) in [6.07, 6.45) is 6.43. The maximum atomic E-state index is 13.1. The molecule has 1 saturated heterocycles. The van der Waals surface area contributed by atoms with Gasteiger partial charge < -0.3 is 9.47 Å². The smallest absolute Gasteiger partial charge is 0.232 e. The second-order valence-electron chi connectivity index (χ2n) is 7.13. The number of nitrogens with zero attached hydrogens (tertiary/aromatic N) is 4. The molecule has 13 heteroatoms. The van der Waals surface area contributed by atoms with Crippen molar-refractivity contribution in [2.24, 2.45) is 4.99 Å². The Morgan fingerprint density at radius 3 is 2.86 bits per heavy atom. The molecule has 1 unspecified atom stereocenters. The van der Waals surface area contributed by atoms with Crippen LogP contribution in [0, 0.1) is 0 Å². The number of rotatable bonds is 12. The lowest BCUT2D eigenvalue weighted by atomic mass is 10.1. The minimum absolute atomic E-state index is 0.136. The van der Waals surface area contributed by atoms with Crippen LogP contribution < -0.4 is 15.0 Å². The third-order valence-corrected chi connectivity index (χ3v) is 5.69. The molecule has 3 rings (SSSR count). The van der Waals surface area contributed by atoms with E-state index < -0.39 is 6.01 Å². The van der Waals surface area contributed by atoms with Gasteiger partial charge in [-0.25, -0.2) is 14.9 Å². The van der Waals surface area contributed by atoms with E-state index in [1.807, 2.05) is 13.0 Å². The van der Waals surface area contributed by atoms with Gasteiger partial charge >= 0.3 is 0 Å². The van der Waals surface area contributed by atoms with Gasteiger partial charge in [0.15, 0.2) is 6.29 Å². The molecule has 0 saturated carbocycles. The van der Waals surface area contributed by atoms with Crippen LogP contribution in [0.5, 0.6) is 5.88 Å². The molecular weight excluding hydrogens is 510 g/mol. The van der Waals surface area contributed by atoms with Crippen molar-refractivity contribution in [3.05, 3.63) is 54.1 Å². The van der Waals surface area contributed by atoms with Gasteiger partial charge in [-0.2, -0.15) is 0 Å². The van der Waals surface area contributed by atoms with Crippen molar-refractivity contribution < 1.29 is 23.1 Å². The normalized spacial score (nSPS) is 15.2. The number of hydrogen-bond donors (Lipinski definition) is 3. The molecule has 1 aromatic carbocycles. The average molecular weight is 541 g/mol. The Kier molecular flexibility index (Phi) is 14.6. The van der Waals surface area contributed by atoms with Crippen LogP contribution in [-0.2, 0) is 9.53 Å². The number of aromatic nitrogens is 2. The summed E-state index contributed by atoms with van der Waals surface area (Å²) in [6.45, 7) is 6.02. The summed E-state index contributed by atoms with van der Waals surface area (Å²) < 4.78 is 37.6. The van der Waals surface area contributed by atoms with Gasteiger partial charge in [0.05, 0.1) is 55.1 Å². The van der Waals surface area contributed by atoms with E-state index in [-0.39, 0.29) is 6.04 Å². The van der Waals surface area contributed by atoms with Crippen LogP contribution in [0.25, 0.3) is 4.91 Å². The van der Waals surface area contributed by atoms with E-state index in [1.165, 1.54) is 24.3 Å². The zero-order chi connectivity index (χ0) is 26.0. The summed E-state index contributed by atoms with van der Waals surface area (Å²) in [7, 11) is 0. The van der Waals surface area contributed by atoms with Crippen molar-refractivity contribution in [2.45, 2.75) is 13.0 Å². The Hall–Kier alpha value is -2.58. The zero-order valence-corrected chi connectivity index (χ0v) is 21.6. The van der Waals surface area contributed by atoms with Gasteiger partial charge in [0, 0.05) is 25.8 Å². The molecule has 9 nitrogen and oxygen atoms in total. The third-order valence-electron chi connectivity index (χ3n) is 4.75. The quantitative estimate of drug-likeness (QED) is 0.122. The van der Waals surface area contributed by atoms with Crippen LogP contribution in [0.2, 0.25) is 0 Å². The van der Waals surface area contributed by atoms with E-state index in [1.54, 1.807) is 29.9 Å². The van der Waals surface area contributed by atoms with Gasteiger partial charge in [-0.05, 0) is 36.6 Å². The average Bonchev–Trinajstić information content (AvgIpc) is 2.91. The van der Waals surface area contributed by atoms with Gasteiger partial charge in [0.1, 0.15) is 11.7 Å². The van der Waals surface area contributed by atoms with Crippen molar-refractivity contribution in [3.63, 3.8) is 0 Å². The summed E-state index contributed by atoms with van der Waals surface area (Å²) in [4.78, 5) is 26.3. The third kappa shape index (κ3) is 10.6. The van der Waals surface area contributed by atoms with E-state index in [4.69, 9.17) is 9.47 Å². The molecule has 196 valence electrons. The molecule has 1 aromatic heterocycles. The minimum atomic E-state index is -0.556. The van der Waals surface area contributed by atoms with Gasteiger partial charge in [-0.1, -0.05) is 12.1 Å². The van der Waals surface area contributed by atoms with Crippen molar-refractivity contribution >= 4 is 47.7 Å². The molecule has 0 amide bonds. The molecule has 2 N–H and O–H groups in total. The summed E-state index contributed by atoms with van der Waals surface area (Å²) >= 11 is 4.43. The number of carbonyl (C=O) groups is 1. The van der Waals surface area contributed by atoms with Crippen LogP contribution in [0.15, 0.2) is 47.9 Å². The zero-order valence-electron chi connectivity index (χ0n) is 19.8. The molecule has 36 heavy (non-hydrogen) atoms. The SMILES string of the molecule is CCOc1cncc(/C(=C/N=CC=O)SNC(CN2CCOCC2)c2cccc(NF)c2)n1.FCS. The van der Waals surface area contributed by atoms with E-state index in [0.29, 0.717) is 54.8 Å². The number of carbonyl (C=O) groups excluding carboxylic acids is 1. The lowest BCUT2D eigenvalue weighted by Gasteiger charge is -2.31. The summed E-state index contributed by atoms with van der Waals surface area (Å²) in [5, 5.41) is 0. The Balaban J connectivity index is 0.00000145. The lowest BCUT2D eigenvalue weighted by molar-refractivity contribution is -0.102. The second-order valence-corrected chi connectivity index (χ2v) is 8.25. The number of thiol groups is 1. The fraction of sp³-hybridized carbons (Fsp3) is 0.391. The van der Waals surface area contributed by atoms with Crippen LogP contribution in [0.1, 0.15) is 24.2 Å². The minimum Gasteiger partial charge on any atom is -0.477 e. The molecular formula is C23H30F2N6O3S2. The largest absolute Gasteiger partial charge is 0.477 e. The van der Waals surface area contributed by atoms with Crippen LogP contribution in [0.4, 0.5) is 14.6 Å². The summed E-state index contributed by atoms with van der Waals surface area (Å²) in [6, 6.07) is 6.49. The molecule has 0 spiro atoms. The number of aldehydes is 1. The van der Waals surface area contributed by atoms with Crippen molar-refractivity contribution in [2.75, 3.05) is 51.0 Å². The highest BCUT2D eigenvalue weighted by molar-refractivity contribution is 8.06. The molecule has 0 bridgehead atoms. The van der Waals surface area contributed by atoms with Gasteiger partial charge in [-0.15, -0.1) is 17.1 Å². The number of ether oxygens (including phenoxy) is 2. The Bertz CT molecular complexity index is 980. The van der Waals surface area contributed by atoms with E-state index in [0.717, 1.165) is 24.9 Å². The lowest BCUT2D eigenvalue weighted by Crippen LogP contribution is -2.40. The van der Waals surface area contributed by atoms with E-state index >= 15 is 0 Å². The monoisotopic (exact) mass is 540 g/mol. The second kappa shape index (κ2) is 17.8. The number of aliphatic imine (C=N–C) groups is 1. The predicted octanol–water partition coefficient (Wildman–Crippen LogP) is 3.89. The highest BCUT2D eigenvalue weighted by Gasteiger charge is 2.20. The molecule has 1 aliphatic heterocycles. The number of nitrogens with one attached hydrogen (secondary N) is 2. The van der Waals surface area contributed by atoms with E-state index in [9.17, 15) is 13.7 Å². The standard InChI is InChI=1S/C22H27FN6O3S.CH3FS/c1-2-32-22-15-25-13-19(26-22)21(14-24-6-9-30)33-28-20(16-29-7-10-31-11-8-29)17-4-3-5-18(12-17)27-23;2-1-3/h3-6,9,12-15,20,27-28H,2,7-8,10-11,16H2,1H3;3H,1H2/b21-14-,24-6?;. The first-order valence-electron chi connectivity index (χ1n) is 11.1. The van der Waals surface area contributed by atoms with Crippen LogP contribution >= 0.6 is 24.6 Å². The highest BCUT2D eigenvalue weighted by Crippen LogP contribution is 2.29. The van der Waals surface area contributed by atoms with Crippen LogP contribution in [0.3, 0.4) is 0 Å². The molecule has 0 aliphatic carbocycles.